The highest BCUT2D eigenvalue weighted by atomic mass is 79.9. The molecule has 0 saturated heterocycles. The van der Waals surface area contributed by atoms with E-state index in [0.29, 0.717) is 17.7 Å². The Hall–Kier alpha value is -1.03. The van der Waals surface area contributed by atoms with Gasteiger partial charge in [0.25, 0.3) is 0 Å². The number of para-hydroxylation sites is 1. The Morgan fingerprint density at radius 2 is 2.27 bits per heavy atom. The van der Waals surface area contributed by atoms with Gasteiger partial charge >= 0.3 is 5.97 Å². The number of aliphatic carboxylic acids is 1. The highest BCUT2D eigenvalue weighted by Crippen LogP contribution is 2.31. The van der Waals surface area contributed by atoms with E-state index in [1.807, 2.05) is 13.0 Å². The van der Waals surface area contributed by atoms with Gasteiger partial charge in [0.2, 0.25) is 0 Å². The molecule has 1 aromatic carbocycles. The molecule has 3 N–H and O–H groups in total. The van der Waals surface area contributed by atoms with Gasteiger partial charge in [-0.1, -0.05) is 25.5 Å². The van der Waals surface area contributed by atoms with Crippen LogP contribution in [-0.4, -0.2) is 11.1 Å². The van der Waals surface area contributed by atoms with Crippen LogP contribution in [0.2, 0.25) is 0 Å². The summed E-state index contributed by atoms with van der Waals surface area (Å²) >= 11 is 3.30. The zero-order valence-electron chi connectivity index (χ0n) is 8.53. The average Bonchev–Trinajstić information content (AvgIpc) is 2.19. The molecule has 0 aliphatic rings. The number of hydrogen-bond donors (Lipinski definition) is 2. The van der Waals surface area contributed by atoms with Crippen LogP contribution in [0.15, 0.2) is 22.7 Å². The third-order valence-corrected chi connectivity index (χ3v) is 3.03. The van der Waals surface area contributed by atoms with E-state index in [9.17, 15) is 4.79 Å². The maximum absolute atomic E-state index is 11.1. The second kappa shape index (κ2) is 5.16. The molecule has 1 aromatic rings. The summed E-state index contributed by atoms with van der Waals surface area (Å²) in [4.78, 5) is 11.1. The number of carboxylic acids is 1. The van der Waals surface area contributed by atoms with E-state index in [0.717, 1.165) is 10.9 Å². The minimum absolute atomic E-state index is 0.507. The number of benzene rings is 1. The van der Waals surface area contributed by atoms with Crippen molar-refractivity contribution in [2.75, 3.05) is 5.73 Å². The molecular weight excluding hydrogens is 258 g/mol. The largest absolute Gasteiger partial charge is 0.481 e. The van der Waals surface area contributed by atoms with Crippen LogP contribution < -0.4 is 5.73 Å². The summed E-state index contributed by atoms with van der Waals surface area (Å²) in [6.07, 6.45) is 1.43. The molecule has 0 aromatic heterocycles. The molecule has 1 rings (SSSR count). The number of anilines is 1. The number of nitrogens with two attached hydrogens (primary N) is 1. The van der Waals surface area contributed by atoms with Crippen LogP contribution in [0.3, 0.4) is 0 Å². The first-order valence-corrected chi connectivity index (χ1v) is 5.64. The quantitative estimate of drug-likeness (QED) is 0.828. The van der Waals surface area contributed by atoms with Crippen molar-refractivity contribution in [3.05, 3.63) is 28.2 Å². The lowest BCUT2D eigenvalue weighted by molar-refractivity contribution is -0.139. The Bertz CT molecular complexity index is 366. The van der Waals surface area contributed by atoms with E-state index in [2.05, 4.69) is 15.9 Å². The van der Waals surface area contributed by atoms with Crippen molar-refractivity contribution in [2.45, 2.75) is 25.7 Å². The summed E-state index contributed by atoms with van der Waals surface area (Å²) in [7, 11) is 0. The summed E-state index contributed by atoms with van der Waals surface area (Å²) in [6.45, 7) is 1.96. The highest BCUT2D eigenvalue weighted by molar-refractivity contribution is 9.10. The average molecular weight is 272 g/mol. The molecule has 0 bridgehead atoms. The van der Waals surface area contributed by atoms with Crippen LogP contribution in [0.5, 0.6) is 0 Å². The molecule has 0 aliphatic heterocycles. The molecule has 3 nitrogen and oxygen atoms in total. The molecule has 4 heteroatoms. The third-order valence-electron chi connectivity index (χ3n) is 2.34. The fourth-order valence-corrected chi connectivity index (χ4v) is 1.94. The fourth-order valence-electron chi connectivity index (χ4n) is 1.56. The lowest BCUT2D eigenvalue weighted by atomic mass is 9.93. The maximum atomic E-state index is 11.1. The van der Waals surface area contributed by atoms with Crippen LogP contribution >= 0.6 is 15.9 Å². The summed E-state index contributed by atoms with van der Waals surface area (Å²) in [6, 6.07) is 5.39. The molecule has 0 fully saturated rings. The lowest BCUT2D eigenvalue weighted by Crippen LogP contribution is -2.13. The smallest absolute Gasteiger partial charge is 0.311 e. The van der Waals surface area contributed by atoms with E-state index in [4.69, 9.17) is 10.8 Å². The molecule has 0 heterocycles. The molecule has 1 atom stereocenters. The van der Waals surface area contributed by atoms with Crippen molar-refractivity contribution in [3.63, 3.8) is 0 Å². The Morgan fingerprint density at radius 1 is 1.60 bits per heavy atom. The van der Waals surface area contributed by atoms with Crippen molar-refractivity contribution < 1.29 is 9.90 Å². The summed E-state index contributed by atoms with van der Waals surface area (Å²) in [5.74, 6) is -1.32. The van der Waals surface area contributed by atoms with E-state index in [1.165, 1.54) is 0 Å². The molecular formula is C11H14BrNO2. The van der Waals surface area contributed by atoms with Gasteiger partial charge in [-0.3, -0.25) is 4.79 Å². The third kappa shape index (κ3) is 2.72. The van der Waals surface area contributed by atoms with Crippen molar-refractivity contribution >= 4 is 27.6 Å². The monoisotopic (exact) mass is 271 g/mol. The SMILES string of the molecule is CCCC(C(=O)O)c1cccc(Br)c1N. The van der Waals surface area contributed by atoms with Crippen LogP contribution in [0, 0.1) is 0 Å². The molecule has 1 unspecified atom stereocenters. The summed E-state index contributed by atoms with van der Waals surface area (Å²) in [5, 5.41) is 9.10. The number of carboxylic acid groups (broad SMARTS) is 1. The standard InChI is InChI=1S/C11H14BrNO2/c1-2-4-8(11(14)15)7-5-3-6-9(12)10(7)13/h3,5-6,8H,2,4,13H2,1H3,(H,14,15). The molecule has 0 aliphatic carbocycles. The van der Waals surface area contributed by atoms with Gasteiger partial charge in [-0.25, -0.2) is 0 Å². The van der Waals surface area contributed by atoms with Gasteiger partial charge in [-0.15, -0.1) is 0 Å². The van der Waals surface area contributed by atoms with E-state index >= 15 is 0 Å². The van der Waals surface area contributed by atoms with Gasteiger partial charge in [-0.2, -0.15) is 0 Å². The van der Waals surface area contributed by atoms with E-state index in [-0.39, 0.29) is 0 Å². The molecule has 15 heavy (non-hydrogen) atoms. The maximum Gasteiger partial charge on any atom is 0.311 e. The van der Waals surface area contributed by atoms with Gasteiger partial charge in [0.1, 0.15) is 0 Å². The summed E-state index contributed by atoms with van der Waals surface area (Å²) < 4.78 is 0.752. The first-order chi connectivity index (χ1) is 7.07. The fraction of sp³-hybridized carbons (Fsp3) is 0.364. The van der Waals surface area contributed by atoms with Crippen molar-refractivity contribution in [1.29, 1.82) is 0 Å². The Labute approximate surface area is 97.4 Å². The van der Waals surface area contributed by atoms with Crippen LogP contribution in [0.1, 0.15) is 31.2 Å². The first kappa shape index (κ1) is 12.0. The molecule has 0 radical (unpaired) electrons. The van der Waals surface area contributed by atoms with Gasteiger partial charge in [0.15, 0.2) is 0 Å². The minimum atomic E-state index is -0.818. The number of halogens is 1. The Morgan fingerprint density at radius 3 is 2.80 bits per heavy atom. The normalized spacial score (nSPS) is 12.4. The van der Waals surface area contributed by atoms with Crippen LogP contribution in [-0.2, 0) is 4.79 Å². The van der Waals surface area contributed by atoms with E-state index in [1.54, 1.807) is 12.1 Å². The van der Waals surface area contributed by atoms with Gasteiger partial charge in [0.05, 0.1) is 5.92 Å². The molecule has 0 spiro atoms. The first-order valence-electron chi connectivity index (χ1n) is 4.84. The number of rotatable bonds is 4. The zero-order valence-corrected chi connectivity index (χ0v) is 10.1. The van der Waals surface area contributed by atoms with Gasteiger partial charge in [0, 0.05) is 10.2 Å². The van der Waals surface area contributed by atoms with Crippen LogP contribution in [0.4, 0.5) is 5.69 Å². The number of hydrogen-bond acceptors (Lipinski definition) is 2. The number of carbonyl (C=O) groups is 1. The molecule has 0 saturated carbocycles. The van der Waals surface area contributed by atoms with Crippen LogP contribution in [0.25, 0.3) is 0 Å². The lowest BCUT2D eigenvalue weighted by Gasteiger charge is -2.14. The van der Waals surface area contributed by atoms with Gasteiger partial charge < -0.3 is 10.8 Å². The van der Waals surface area contributed by atoms with Crippen molar-refractivity contribution in [1.82, 2.24) is 0 Å². The topological polar surface area (TPSA) is 63.3 Å². The summed E-state index contributed by atoms with van der Waals surface area (Å²) in [5.41, 5.74) is 7.06. The number of nitrogen functional groups attached to an aromatic ring is 1. The predicted octanol–water partition coefficient (Wildman–Crippen LogP) is 3.00. The molecule has 0 amide bonds. The van der Waals surface area contributed by atoms with E-state index < -0.39 is 11.9 Å². The minimum Gasteiger partial charge on any atom is -0.481 e. The second-order valence-electron chi connectivity index (χ2n) is 3.42. The Balaban J connectivity index is 3.11. The predicted molar refractivity (Wildman–Crippen MR) is 63.8 cm³/mol. The zero-order chi connectivity index (χ0) is 11.4. The van der Waals surface area contributed by atoms with Gasteiger partial charge in [-0.05, 0) is 34.0 Å². The molecule has 82 valence electrons. The second-order valence-corrected chi connectivity index (χ2v) is 4.28. The Kier molecular flexibility index (Phi) is 4.15. The van der Waals surface area contributed by atoms with Crippen molar-refractivity contribution in [2.24, 2.45) is 0 Å². The highest BCUT2D eigenvalue weighted by Gasteiger charge is 2.21. The van der Waals surface area contributed by atoms with Crippen molar-refractivity contribution in [3.8, 4) is 0 Å².